The number of hydrogen-bond acceptors (Lipinski definition) is 2. The van der Waals surface area contributed by atoms with Crippen LogP contribution in [0.15, 0.2) is 28.7 Å². The first kappa shape index (κ1) is 14.8. The zero-order valence-corrected chi connectivity index (χ0v) is 14.3. The number of aromatic nitrogens is 2. The van der Waals surface area contributed by atoms with E-state index in [0.29, 0.717) is 0 Å². The lowest BCUT2D eigenvalue weighted by atomic mass is 10.1. The number of benzene rings is 1. The number of aryl methyl sites for hydroxylation is 1. The van der Waals surface area contributed by atoms with Crippen LogP contribution in [0.2, 0.25) is 0 Å². The van der Waals surface area contributed by atoms with E-state index in [1.165, 1.54) is 35.4 Å². The van der Waals surface area contributed by atoms with Crippen LogP contribution < -0.4 is 5.32 Å². The van der Waals surface area contributed by atoms with Gasteiger partial charge in [0.25, 0.3) is 0 Å². The molecule has 1 aliphatic rings. The Kier molecular flexibility index (Phi) is 4.45. The van der Waals surface area contributed by atoms with Crippen molar-refractivity contribution in [2.75, 3.05) is 6.54 Å². The molecule has 1 N–H and O–H groups in total. The molecule has 0 amide bonds. The highest BCUT2D eigenvalue weighted by atomic mass is 79.9. The van der Waals surface area contributed by atoms with Crippen molar-refractivity contribution in [1.82, 2.24) is 15.1 Å². The maximum Gasteiger partial charge on any atom is 0.0662 e. The minimum absolute atomic E-state index is 0.781. The van der Waals surface area contributed by atoms with Crippen molar-refractivity contribution in [2.24, 2.45) is 0 Å². The number of nitrogens with one attached hydrogen (secondary N) is 1. The molecule has 0 unspecified atom stereocenters. The lowest BCUT2D eigenvalue weighted by Crippen LogP contribution is -2.19. The van der Waals surface area contributed by atoms with Crippen LogP contribution in [0.3, 0.4) is 0 Å². The Hall–Kier alpha value is -1.13. The fourth-order valence-electron chi connectivity index (χ4n) is 2.70. The van der Waals surface area contributed by atoms with E-state index in [4.69, 9.17) is 5.10 Å². The first-order valence-electron chi connectivity index (χ1n) is 7.64. The van der Waals surface area contributed by atoms with Crippen molar-refractivity contribution in [3.8, 4) is 0 Å². The summed E-state index contributed by atoms with van der Waals surface area (Å²) >= 11 is 3.48. The largest absolute Gasteiger partial charge is 0.314 e. The molecule has 3 nitrogen and oxygen atoms in total. The average molecular weight is 348 g/mol. The van der Waals surface area contributed by atoms with E-state index in [1.54, 1.807) is 0 Å². The summed E-state index contributed by atoms with van der Waals surface area (Å²) in [5.74, 6) is 0. The molecular formula is C17H22BrN3. The molecule has 1 aliphatic carbocycles. The van der Waals surface area contributed by atoms with Gasteiger partial charge >= 0.3 is 0 Å². The van der Waals surface area contributed by atoms with Crippen LogP contribution in [0.1, 0.15) is 35.4 Å². The molecule has 0 spiro atoms. The van der Waals surface area contributed by atoms with Gasteiger partial charge in [0, 0.05) is 16.2 Å². The summed E-state index contributed by atoms with van der Waals surface area (Å²) in [7, 11) is 0. The summed E-state index contributed by atoms with van der Waals surface area (Å²) in [4.78, 5) is 0. The van der Waals surface area contributed by atoms with Crippen LogP contribution >= 0.6 is 15.9 Å². The van der Waals surface area contributed by atoms with Gasteiger partial charge in [-0.1, -0.05) is 28.1 Å². The number of rotatable bonds is 6. The van der Waals surface area contributed by atoms with Crippen molar-refractivity contribution in [1.29, 1.82) is 0 Å². The molecule has 0 atom stereocenters. The lowest BCUT2D eigenvalue weighted by molar-refractivity contribution is 0.654. The summed E-state index contributed by atoms with van der Waals surface area (Å²) < 4.78 is 3.25. The van der Waals surface area contributed by atoms with E-state index in [0.717, 1.165) is 30.0 Å². The number of hydrogen-bond donors (Lipinski definition) is 1. The van der Waals surface area contributed by atoms with Gasteiger partial charge in [-0.15, -0.1) is 0 Å². The standard InChI is InChI=1S/C17H22BrN3/c1-12-17(9-10-19-16-7-8-16)13(2)21(20-12)11-14-3-5-15(18)6-4-14/h3-6,16,19H,7-11H2,1-2H3. The van der Waals surface area contributed by atoms with Crippen LogP contribution in [0, 0.1) is 13.8 Å². The fraction of sp³-hybridized carbons (Fsp3) is 0.471. The van der Waals surface area contributed by atoms with Crippen molar-refractivity contribution >= 4 is 15.9 Å². The molecule has 1 aromatic carbocycles. The van der Waals surface area contributed by atoms with Gasteiger partial charge in [0.1, 0.15) is 0 Å². The lowest BCUT2D eigenvalue weighted by Gasteiger charge is -2.07. The Balaban J connectivity index is 1.68. The molecule has 1 aromatic heterocycles. The predicted octanol–water partition coefficient (Wildman–Crippen LogP) is 3.61. The Morgan fingerprint density at radius 3 is 2.62 bits per heavy atom. The molecule has 1 heterocycles. The molecule has 1 saturated carbocycles. The van der Waals surface area contributed by atoms with E-state index in [1.807, 2.05) is 0 Å². The zero-order valence-electron chi connectivity index (χ0n) is 12.7. The number of halogens is 1. The van der Waals surface area contributed by atoms with Gasteiger partial charge in [-0.05, 0) is 62.9 Å². The third-order valence-corrected chi connectivity index (χ3v) is 4.69. The Morgan fingerprint density at radius 1 is 1.24 bits per heavy atom. The highest BCUT2D eigenvalue weighted by Crippen LogP contribution is 2.20. The highest BCUT2D eigenvalue weighted by molar-refractivity contribution is 9.10. The number of nitrogens with zero attached hydrogens (tertiary/aromatic N) is 2. The SMILES string of the molecule is Cc1nn(Cc2ccc(Br)cc2)c(C)c1CCNC1CC1. The molecule has 4 heteroatoms. The average Bonchev–Trinajstić information content (AvgIpc) is 3.24. The summed E-state index contributed by atoms with van der Waals surface area (Å²) in [6.45, 7) is 6.22. The second-order valence-electron chi connectivity index (χ2n) is 5.91. The van der Waals surface area contributed by atoms with Gasteiger partial charge in [0.15, 0.2) is 0 Å². The third-order valence-electron chi connectivity index (χ3n) is 4.16. The Labute approximate surface area is 134 Å². The van der Waals surface area contributed by atoms with E-state index in [9.17, 15) is 0 Å². The minimum Gasteiger partial charge on any atom is -0.314 e. The summed E-state index contributed by atoms with van der Waals surface area (Å²) in [5.41, 5.74) is 5.15. The van der Waals surface area contributed by atoms with Crippen LogP contribution in [0.25, 0.3) is 0 Å². The van der Waals surface area contributed by atoms with Crippen LogP contribution in [-0.2, 0) is 13.0 Å². The van der Waals surface area contributed by atoms with Crippen molar-refractivity contribution < 1.29 is 0 Å². The first-order chi connectivity index (χ1) is 10.1. The van der Waals surface area contributed by atoms with Crippen LogP contribution in [-0.4, -0.2) is 22.4 Å². The monoisotopic (exact) mass is 347 g/mol. The van der Waals surface area contributed by atoms with Gasteiger partial charge in [-0.3, -0.25) is 4.68 Å². The van der Waals surface area contributed by atoms with E-state index >= 15 is 0 Å². The molecule has 0 radical (unpaired) electrons. The van der Waals surface area contributed by atoms with Gasteiger partial charge in [0.05, 0.1) is 12.2 Å². The molecule has 112 valence electrons. The molecule has 0 bridgehead atoms. The third kappa shape index (κ3) is 3.74. The molecule has 2 aromatic rings. The minimum atomic E-state index is 0.781. The normalized spacial score (nSPS) is 14.6. The molecule has 21 heavy (non-hydrogen) atoms. The summed E-state index contributed by atoms with van der Waals surface area (Å²) in [6.07, 6.45) is 3.77. The van der Waals surface area contributed by atoms with Gasteiger partial charge in [-0.2, -0.15) is 5.10 Å². The zero-order chi connectivity index (χ0) is 14.8. The quantitative estimate of drug-likeness (QED) is 0.864. The highest BCUT2D eigenvalue weighted by Gasteiger charge is 2.20. The predicted molar refractivity (Wildman–Crippen MR) is 89.7 cm³/mol. The fourth-order valence-corrected chi connectivity index (χ4v) is 2.97. The summed E-state index contributed by atoms with van der Waals surface area (Å²) in [5, 5.41) is 8.30. The van der Waals surface area contributed by atoms with E-state index < -0.39 is 0 Å². The molecule has 0 aliphatic heterocycles. The first-order valence-corrected chi connectivity index (χ1v) is 8.43. The van der Waals surface area contributed by atoms with E-state index in [-0.39, 0.29) is 0 Å². The van der Waals surface area contributed by atoms with Gasteiger partial charge in [-0.25, -0.2) is 0 Å². The van der Waals surface area contributed by atoms with Crippen LogP contribution in [0.4, 0.5) is 0 Å². The molecular weight excluding hydrogens is 326 g/mol. The van der Waals surface area contributed by atoms with Crippen molar-refractivity contribution in [3.63, 3.8) is 0 Å². The Morgan fingerprint density at radius 2 is 1.95 bits per heavy atom. The van der Waals surface area contributed by atoms with Crippen molar-refractivity contribution in [3.05, 3.63) is 51.3 Å². The topological polar surface area (TPSA) is 29.9 Å². The molecule has 3 rings (SSSR count). The molecule has 1 fully saturated rings. The maximum atomic E-state index is 4.72. The molecule has 0 saturated heterocycles. The second kappa shape index (κ2) is 6.32. The van der Waals surface area contributed by atoms with Gasteiger partial charge in [0.2, 0.25) is 0 Å². The second-order valence-corrected chi connectivity index (χ2v) is 6.83. The van der Waals surface area contributed by atoms with Crippen molar-refractivity contribution in [2.45, 2.75) is 45.7 Å². The summed E-state index contributed by atoms with van der Waals surface area (Å²) in [6, 6.07) is 9.25. The smallest absolute Gasteiger partial charge is 0.0662 e. The Bertz CT molecular complexity index is 612. The van der Waals surface area contributed by atoms with Gasteiger partial charge < -0.3 is 5.32 Å². The van der Waals surface area contributed by atoms with Crippen LogP contribution in [0.5, 0.6) is 0 Å². The van der Waals surface area contributed by atoms with E-state index in [2.05, 4.69) is 64.0 Å². The maximum absolute atomic E-state index is 4.72.